The summed E-state index contributed by atoms with van der Waals surface area (Å²) >= 11 is 0. The number of aromatic nitrogens is 2. The molecule has 0 saturated heterocycles. The SMILES string of the molecule is Cn1c(O)c(C=N[C@H](Cc2ccc(O)cc2)C(=O)O)c(=O)n(C)c1=O. The zero-order valence-electron chi connectivity index (χ0n) is 13.6. The maximum atomic E-state index is 12.1. The summed E-state index contributed by atoms with van der Waals surface area (Å²) in [5, 5.41) is 28.5. The number of carbonyl (C=O) groups is 1. The van der Waals surface area contributed by atoms with E-state index >= 15 is 0 Å². The van der Waals surface area contributed by atoms with E-state index in [1.807, 2.05) is 0 Å². The van der Waals surface area contributed by atoms with E-state index < -0.39 is 29.1 Å². The quantitative estimate of drug-likeness (QED) is 0.631. The van der Waals surface area contributed by atoms with Gasteiger partial charge < -0.3 is 15.3 Å². The molecule has 25 heavy (non-hydrogen) atoms. The lowest BCUT2D eigenvalue weighted by molar-refractivity contribution is -0.138. The van der Waals surface area contributed by atoms with E-state index in [4.69, 9.17) is 0 Å². The standard InChI is InChI=1S/C16H17N3O6/c1-18-13(21)11(14(22)19(2)16(18)25)8-17-12(15(23)24)7-9-3-5-10(20)6-4-9/h3-6,8,12,20-21H,7H2,1-2H3,(H,23,24)/t12-/m1/s1. The zero-order chi connectivity index (χ0) is 18.7. The Hall–Kier alpha value is -3.36. The lowest BCUT2D eigenvalue weighted by Gasteiger charge is -2.09. The highest BCUT2D eigenvalue weighted by Gasteiger charge is 2.18. The molecule has 9 heteroatoms. The molecular formula is C16H17N3O6. The Bertz CT molecular complexity index is 940. The summed E-state index contributed by atoms with van der Waals surface area (Å²) in [4.78, 5) is 39.0. The van der Waals surface area contributed by atoms with Gasteiger partial charge in [-0.25, -0.2) is 9.59 Å². The lowest BCUT2D eigenvalue weighted by Crippen LogP contribution is -2.38. The molecule has 0 aliphatic rings. The third-order valence-electron chi connectivity index (χ3n) is 3.70. The second-order valence-corrected chi connectivity index (χ2v) is 5.45. The van der Waals surface area contributed by atoms with E-state index in [9.17, 15) is 29.7 Å². The van der Waals surface area contributed by atoms with Crippen LogP contribution in [0.25, 0.3) is 0 Å². The van der Waals surface area contributed by atoms with Gasteiger partial charge in [0.1, 0.15) is 11.3 Å². The summed E-state index contributed by atoms with van der Waals surface area (Å²) in [6.45, 7) is 0. The third kappa shape index (κ3) is 3.77. The van der Waals surface area contributed by atoms with E-state index in [0.717, 1.165) is 15.3 Å². The summed E-state index contributed by atoms with van der Waals surface area (Å²) in [6, 6.07) is 4.76. The number of benzene rings is 1. The van der Waals surface area contributed by atoms with Crippen molar-refractivity contribution < 1.29 is 20.1 Å². The number of aliphatic carboxylic acids is 1. The number of aromatic hydroxyl groups is 2. The van der Waals surface area contributed by atoms with Gasteiger partial charge in [-0.2, -0.15) is 0 Å². The highest BCUT2D eigenvalue weighted by atomic mass is 16.4. The van der Waals surface area contributed by atoms with Crippen molar-refractivity contribution in [3.05, 3.63) is 56.2 Å². The minimum absolute atomic E-state index is 0.0267. The highest BCUT2D eigenvalue weighted by molar-refractivity contribution is 5.85. The molecule has 3 N–H and O–H groups in total. The maximum Gasteiger partial charge on any atom is 0.333 e. The summed E-state index contributed by atoms with van der Waals surface area (Å²) in [6.07, 6.45) is 0.981. The molecule has 9 nitrogen and oxygen atoms in total. The first kappa shape index (κ1) is 18.0. The van der Waals surface area contributed by atoms with Crippen LogP contribution in [0.15, 0.2) is 38.8 Å². The fraction of sp³-hybridized carbons (Fsp3) is 0.250. The van der Waals surface area contributed by atoms with Gasteiger partial charge in [0.25, 0.3) is 5.56 Å². The van der Waals surface area contributed by atoms with E-state index in [0.29, 0.717) is 5.56 Å². The van der Waals surface area contributed by atoms with Gasteiger partial charge in [0.05, 0.1) is 0 Å². The largest absolute Gasteiger partial charge is 0.508 e. The van der Waals surface area contributed by atoms with Crippen molar-refractivity contribution in [3.8, 4) is 11.6 Å². The molecule has 0 aliphatic heterocycles. The first-order chi connectivity index (χ1) is 11.7. The average molecular weight is 347 g/mol. The van der Waals surface area contributed by atoms with Gasteiger partial charge in [-0.3, -0.25) is 18.9 Å². The Labute approximate surface area is 141 Å². The van der Waals surface area contributed by atoms with Crippen molar-refractivity contribution in [2.45, 2.75) is 12.5 Å². The van der Waals surface area contributed by atoms with Crippen LogP contribution in [0.4, 0.5) is 0 Å². The summed E-state index contributed by atoms with van der Waals surface area (Å²) in [7, 11) is 2.52. The molecule has 0 bridgehead atoms. The monoisotopic (exact) mass is 347 g/mol. The maximum absolute atomic E-state index is 12.1. The fourth-order valence-corrected chi connectivity index (χ4v) is 2.20. The van der Waals surface area contributed by atoms with Gasteiger partial charge >= 0.3 is 11.7 Å². The lowest BCUT2D eigenvalue weighted by atomic mass is 10.1. The molecule has 1 heterocycles. The molecule has 0 amide bonds. The van der Waals surface area contributed by atoms with Gasteiger partial charge in [-0.1, -0.05) is 12.1 Å². The Kier molecular flexibility index (Phi) is 5.06. The predicted octanol–water partition coefficient (Wildman–Crippen LogP) is -0.390. The first-order valence-electron chi connectivity index (χ1n) is 7.25. The van der Waals surface area contributed by atoms with Crippen LogP contribution < -0.4 is 11.2 Å². The number of phenols is 1. The first-order valence-corrected chi connectivity index (χ1v) is 7.25. The minimum Gasteiger partial charge on any atom is -0.508 e. The smallest absolute Gasteiger partial charge is 0.333 e. The predicted molar refractivity (Wildman–Crippen MR) is 89.4 cm³/mol. The Morgan fingerprint density at radius 1 is 1.16 bits per heavy atom. The number of nitrogens with zero attached hydrogens (tertiary/aromatic N) is 3. The van der Waals surface area contributed by atoms with Crippen LogP contribution in [0.3, 0.4) is 0 Å². The van der Waals surface area contributed by atoms with E-state index in [-0.39, 0.29) is 17.7 Å². The van der Waals surface area contributed by atoms with Gasteiger partial charge in [0, 0.05) is 26.7 Å². The van der Waals surface area contributed by atoms with Crippen molar-refractivity contribution in [2.75, 3.05) is 0 Å². The number of carboxylic acids is 1. The van der Waals surface area contributed by atoms with Crippen LogP contribution in [0, 0.1) is 0 Å². The normalized spacial score (nSPS) is 12.4. The zero-order valence-corrected chi connectivity index (χ0v) is 13.6. The van der Waals surface area contributed by atoms with Gasteiger partial charge in [-0.05, 0) is 17.7 Å². The molecule has 0 saturated carbocycles. The average Bonchev–Trinajstić information content (AvgIpc) is 2.58. The molecule has 2 aromatic rings. The topological polar surface area (TPSA) is 134 Å². The Morgan fingerprint density at radius 2 is 1.76 bits per heavy atom. The molecule has 1 aromatic heterocycles. The molecular weight excluding hydrogens is 330 g/mol. The Morgan fingerprint density at radius 3 is 2.32 bits per heavy atom. The van der Waals surface area contributed by atoms with E-state index in [2.05, 4.69) is 4.99 Å². The van der Waals surface area contributed by atoms with Crippen LogP contribution in [0.1, 0.15) is 11.1 Å². The highest BCUT2D eigenvalue weighted by Crippen LogP contribution is 2.13. The van der Waals surface area contributed by atoms with Crippen molar-refractivity contribution in [1.29, 1.82) is 0 Å². The molecule has 132 valence electrons. The van der Waals surface area contributed by atoms with Crippen LogP contribution >= 0.6 is 0 Å². The number of hydrogen-bond donors (Lipinski definition) is 3. The van der Waals surface area contributed by atoms with Crippen LogP contribution in [-0.2, 0) is 25.3 Å². The van der Waals surface area contributed by atoms with Crippen molar-refractivity contribution >= 4 is 12.2 Å². The molecule has 2 rings (SSSR count). The second kappa shape index (κ2) is 7.04. The molecule has 0 spiro atoms. The number of aliphatic imine (C=N–C) groups is 1. The molecule has 0 aliphatic carbocycles. The van der Waals surface area contributed by atoms with Gasteiger partial charge in [0.15, 0.2) is 6.04 Å². The van der Waals surface area contributed by atoms with Gasteiger partial charge in [-0.15, -0.1) is 0 Å². The summed E-state index contributed by atoms with van der Waals surface area (Å²) in [5.74, 6) is -1.76. The number of rotatable bonds is 5. The number of carboxylic acid groups (broad SMARTS) is 1. The van der Waals surface area contributed by atoms with Crippen LogP contribution in [0.5, 0.6) is 11.6 Å². The van der Waals surface area contributed by atoms with Crippen molar-refractivity contribution in [1.82, 2.24) is 9.13 Å². The van der Waals surface area contributed by atoms with Crippen molar-refractivity contribution in [2.24, 2.45) is 19.1 Å². The fourth-order valence-electron chi connectivity index (χ4n) is 2.20. The van der Waals surface area contributed by atoms with Crippen molar-refractivity contribution in [3.63, 3.8) is 0 Å². The minimum atomic E-state index is -1.22. The van der Waals surface area contributed by atoms with E-state index in [1.54, 1.807) is 12.1 Å². The molecule has 1 aromatic carbocycles. The molecule has 1 atom stereocenters. The Balaban J connectivity index is 2.38. The second-order valence-electron chi connectivity index (χ2n) is 5.45. The molecule has 0 fully saturated rings. The van der Waals surface area contributed by atoms with Crippen LogP contribution in [0.2, 0.25) is 0 Å². The number of hydrogen-bond acceptors (Lipinski definition) is 6. The van der Waals surface area contributed by atoms with E-state index in [1.165, 1.54) is 26.2 Å². The summed E-state index contributed by atoms with van der Waals surface area (Å²) < 4.78 is 1.65. The third-order valence-corrected chi connectivity index (χ3v) is 3.70. The summed E-state index contributed by atoms with van der Waals surface area (Å²) in [5.41, 5.74) is -1.14. The van der Waals surface area contributed by atoms with Gasteiger partial charge in [0.2, 0.25) is 5.88 Å². The van der Waals surface area contributed by atoms with Crippen LogP contribution in [-0.4, -0.2) is 42.7 Å². The molecule has 0 radical (unpaired) electrons. The molecule has 0 unspecified atom stereocenters. The number of phenolic OH excluding ortho intramolecular Hbond substituents is 1.